The van der Waals surface area contributed by atoms with E-state index in [-0.39, 0.29) is 6.10 Å². The summed E-state index contributed by atoms with van der Waals surface area (Å²) in [6.07, 6.45) is 2.53. The number of thioether (sulfide) groups is 1. The summed E-state index contributed by atoms with van der Waals surface area (Å²) >= 11 is 1.93. The fraction of sp³-hybridized carbons (Fsp3) is 0.357. The summed E-state index contributed by atoms with van der Waals surface area (Å²) in [5.74, 6) is 2.61. The maximum atomic E-state index is 10.5. The average molecular weight is 245 g/mol. The molecule has 2 atom stereocenters. The molecule has 2 aromatic rings. The maximum Gasteiger partial charge on any atom is 0.0847 e. The lowest BCUT2D eigenvalue weighted by molar-refractivity contribution is 0.122. The molecular formula is C14H15NOS. The molecule has 1 aliphatic rings. The fourth-order valence-electron chi connectivity index (χ4n) is 2.42. The molecule has 3 rings (SSSR count). The van der Waals surface area contributed by atoms with Crippen molar-refractivity contribution in [2.75, 3.05) is 11.5 Å². The van der Waals surface area contributed by atoms with Crippen molar-refractivity contribution in [2.24, 2.45) is 5.92 Å². The molecule has 17 heavy (non-hydrogen) atoms. The van der Waals surface area contributed by atoms with Crippen molar-refractivity contribution in [3.05, 3.63) is 42.1 Å². The number of fused-ring (bicyclic) bond motifs is 1. The van der Waals surface area contributed by atoms with Crippen LogP contribution in [-0.2, 0) is 0 Å². The van der Waals surface area contributed by atoms with Gasteiger partial charge in [-0.1, -0.05) is 24.3 Å². The van der Waals surface area contributed by atoms with Crippen LogP contribution in [0.5, 0.6) is 0 Å². The van der Waals surface area contributed by atoms with Gasteiger partial charge in [0.1, 0.15) is 0 Å². The quantitative estimate of drug-likeness (QED) is 0.883. The number of rotatable bonds is 2. The molecule has 2 unspecified atom stereocenters. The van der Waals surface area contributed by atoms with Crippen LogP contribution in [0.2, 0.25) is 0 Å². The number of benzene rings is 1. The predicted octanol–water partition coefficient (Wildman–Crippen LogP) is 3.02. The summed E-state index contributed by atoms with van der Waals surface area (Å²) in [5, 5.41) is 11.6. The fourth-order valence-corrected chi connectivity index (χ4v) is 3.71. The topological polar surface area (TPSA) is 33.1 Å². The third-order valence-corrected chi connectivity index (χ3v) is 4.58. The number of aromatic nitrogens is 1. The second-order valence-corrected chi connectivity index (χ2v) is 5.64. The van der Waals surface area contributed by atoms with Gasteiger partial charge in [-0.25, -0.2) is 0 Å². The molecule has 2 heterocycles. The highest BCUT2D eigenvalue weighted by Crippen LogP contribution is 2.36. The molecule has 1 aromatic heterocycles. The summed E-state index contributed by atoms with van der Waals surface area (Å²) in [5.41, 5.74) is 1.93. The Hall–Kier alpha value is -1.06. The number of hydrogen-bond donors (Lipinski definition) is 1. The van der Waals surface area contributed by atoms with Crippen LogP contribution in [0.1, 0.15) is 18.1 Å². The Morgan fingerprint density at radius 3 is 3.00 bits per heavy atom. The highest BCUT2D eigenvalue weighted by Gasteiger charge is 2.26. The Labute approximate surface area is 105 Å². The van der Waals surface area contributed by atoms with Crippen molar-refractivity contribution in [1.82, 2.24) is 4.98 Å². The molecule has 0 saturated carbocycles. The Bertz CT molecular complexity index is 517. The minimum atomic E-state index is -0.372. The van der Waals surface area contributed by atoms with E-state index >= 15 is 0 Å². The minimum Gasteiger partial charge on any atom is -0.388 e. The highest BCUT2D eigenvalue weighted by atomic mass is 32.2. The summed E-state index contributed by atoms with van der Waals surface area (Å²) < 4.78 is 0. The second-order valence-electron chi connectivity index (χ2n) is 4.49. The Morgan fingerprint density at radius 2 is 2.18 bits per heavy atom. The number of pyridine rings is 1. The van der Waals surface area contributed by atoms with Gasteiger partial charge in [0.2, 0.25) is 0 Å². The van der Waals surface area contributed by atoms with Crippen LogP contribution in [0.3, 0.4) is 0 Å². The van der Waals surface area contributed by atoms with Gasteiger partial charge in [-0.2, -0.15) is 11.8 Å². The van der Waals surface area contributed by atoms with Gasteiger partial charge < -0.3 is 5.11 Å². The van der Waals surface area contributed by atoms with E-state index in [1.165, 1.54) is 5.75 Å². The molecule has 0 spiro atoms. The van der Waals surface area contributed by atoms with Gasteiger partial charge in [0.15, 0.2) is 0 Å². The van der Waals surface area contributed by atoms with E-state index in [0.29, 0.717) is 5.92 Å². The number of aliphatic hydroxyl groups excluding tert-OH is 1. The second kappa shape index (κ2) is 4.67. The summed E-state index contributed by atoms with van der Waals surface area (Å²) in [6, 6.07) is 10.0. The van der Waals surface area contributed by atoms with E-state index in [0.717, 1.165) is 28.6 Å². The molecule has 0 aliphatic carbocycles. The molecule has 2 nitrogen and oxygen atoms in total. The first-order valence-corrected chi connectivity index (χ1v) is 7.11. The number of hydrogen-bond acceptors (Lipinski definition) is 3. The monoisotopic (exact) mass is 245 g/mol. The third kappa shape index (κ3) is 2.05. The number of para-hydroxylation sites is 1. The van der Waals surface area contributed by atoms with Gasteiger partial charge in [0, 0.05) is 17.1 Å². The number of aliphatic hydroxyl groups is 1. The normalized spacial score (nSPS) is 21.8. The molecule has 0 radical (unpaired) electrons. The lowest BCUT2D eigenvalue weighted by atomic mass is 9.93. The lowest BCUT2D eigenvalue weighted by Crippen LogP contribution is -2.12. The van der Waals surface area contributed by atoms with Crippen LogP contribution in [0.25, 0.3) is 10.9 Å². The zero-order chi connectivity index (χ0) is 11.7. The van der Waals surface area contributed by atoms with Crippen LogP contribution in [0.15, 0.2) is 36.5 Å². The molecule has 3 heteroatoms. The van der Waals surface area contributed by atoms with Crippen molar-refractivity contribution < 1.29 is 5.11 Å². The van der Waals surface area contributed by atoms with Crippen LogP contribution < -0.4 is 0 Å². The molecule has 1 N–H and O–H groups in total. The maximum absolute atomic E-state index is 10.5. The van der Waals surface area contributed by atoms with Crippen molar-refractivity contribution in [2.45, 2.75) is 12.5 Å². The Kier molecular flexibility index (Phi) is 3.04. The van der Waals surface area contributed by atoms with Gasteiger partial charge in [0.05, 0.1) is 11.6 Å². The zero-order valence-electron chi connectivity index (χ0n) is 9.54. The minimum absolute atomic E-state index is 0.372. The third-order valence-electron chi connectivity index (χ3n) is 3.39. The standard InChI is InChI=1S/C14H15NOS/c16-14(11-6-8-17-9-11)12-5-1-3-10-4-2-7-15-13(10)12/h1-5,7,11,14,16H,6,8-9H2. The van der Waals surface area contributed by atoms with Crippen molar-refractivity contribution in [3.8, 4) is 0 Å². The van der Waals surface area contributed by atoms with E-state index in [1.54, 1.807) is 6.20 Å². The van der Waals surface area contributed by atoms with Gasteiger partial charge in [-0.15, -0.1) is 0 Å². The molecule has 1 aliphatic heterocycles. The Morgan fingerprint density at radius 1 is 1.29 bits per heavy atom. The summed E-state index contributed by atoms with van der Waals surface area (Å²) in [7, 11) is 0. The first-order valence-electron chi connectivity index (χ1n) is 5.96. The van der Waals surface area contributed by atoms with Gasteiger partial charge >= 0.3 is 0 Å². The number of nitrogens with zero attached hydrogens (tertiary/aromatic N) is 1. The van der Waals surface area contributed by atoms with Gasteiger partial charge in [0.25, 0.3) is 0 Å². The largest absolute Gasteiger partial charge is 0.388 e. The van der Waals surface area contributed by atoms with Crippen molar-refractivity contribution >= 4 is 22.7 Å². The summed E-state index contributed by atoms with van der Waals surface area (Å²) in [6.45, 7) is 0. The van der Waals surface area contributed by atoms with Crippen LogP contribution in [-0.4, -0.2) is 21.6 Å². The average Bonchev–Trinajstić information content (AvgIpc) is 2.91. The molecule has 1 aromatic carbocycles. The predicted molar refractivity (Wildman–Crippen MR) is 72.1 cm³/mol. The molecule has 0 bridgehead atoms. The van der Waals surface area contributed by atoms with E-state index < -0.39 is 0 Å². The molecule has 88 valence electrons. The smallest absolute Gasteiger partial charge is 0.0847 e. The first kappa shape index (κ1) is 11.1. The molecule has 1 saturated heterocycles. The van der Waals surface area contributed by atoms with Crippen LogP contribution in [0, 0.1) is 5.92 Å². The SMILES string of the molecule is OC(c1cccc2cccnc12)C1CCSC1. The first-order chi connectivity index (χ1) is 8.36. The van der Waals surface area contributed by atoms with E-state index in [4.69, 9.17) is 0 Å². The van der Waals surface area contributed by atoms with E-state index in [9.17, 15) is 5.11 Å². The Balaban J connectivity index is 2.04. The van der Waals surface area contributed by atoms with Crippen molar-refractivity contribution in [1.29, 1.82) is 0 Å². The van der Waals surface area contributed by atoms with Gasteiger partial charge in [-0.05, 0) is 29.9 Å². The van der Waals surface area contributed by atoms with Crippen LogP contribution >= 0.6 is 11.8 Å². The van der Waals surface area contributed by atoms with Crippen molar-refractivity contribution in [3.63, 3.8) is 0 Å². The zero-order valence-corrected chi connectivity index (χ0v) is 10.4. The molecule has 1 fully saturated rings. The van der Waals surface area contributed by atoms with Gasteiger partial charge in [-0.3, -0.25) is 4.98 Å². The van der Waals surface area contributed by atoms with Crippen LogP contribution in [0.4, 0.5) is 0 Å². The molecular weight excluding hydrogens is 230 g/mol. The summed E-state index contributed by atoms with van der Waals surface area (Å²) in [4.78, 5) is 4.41. The highest BCUT2D eigenvalue weighted by molar-refractivity contribution is 7.99. The van der Waals surface area contributed by atoms with E-state index in [1.807, 2.05) is 42.1 Å². The van der Waals surface area contributed by atoms with E-state index in [2.05, 4.69) is 4.98 Å². The molecule has 0 amide bonds. The lowest BCUT2D eigenvalue weighted by Gasteiger charge is -2.18.